The number of benzene rings is 2. The van der Waals surface area contributed by atoms with Gasteiger partial charge < -0.3 is 8.75 Å². The highest BCUT2D eigenvalue weighted by Gasteiger charge is 2.48. The summed E-state index contributed by atoms with van der Waals surface area (Å²) in [5.41, 5.74) is -5.68. The van der Waals surface area contributed by atoms with E-state index in [-0.39, 0.29) is 5.39 Å². The fraction of sp³-hybridized carbons (Fsp3) is 0.133. The third kappa shape index (κ3) is 2.41. The summed E-state index contributed by atoms with van der Waals surface area (Å²) < 4.78 is 65.6. The van der Waals surface area contributed by atoms with E-state index in [4.69, 9.17) is 0 Å². The molecule has 0 atom stereocenters. The molecule has 126 valence electrons. The molecule has 24 heavy (non-hydrogen) atoms. The van der Waals surface area contributed by atoms with Gasteiger partial charge >= 0.3 is 15.6 Å². The van der Waals surface area contributed by atoms with E-state index in [0.717, 1.165) is 6.07 Å². The lowest BCUT2D eigenvalue weighted by atomic mass is 10.1. The Morgan fingerprint density at radius 2 is 1.62 bits per heavy atom. The smallest absolute Gasteiger partial charge is 0.375 e. The average molecular weight is 357 g/mol. The van der Waals surface area contributed by atoms with E-state index >= 15 is 0 Å². The average Bonchev–Trinajstić information content (AvgIpc) is 2.51. The summed E-state index contributed by atoms with van der Waals surface area (Å²) in [6.07, 6.45) is 0. The van der Waals surface area contributed by atoms with Gasteiger partial charge in [0.25, 0.3) is 5.56 Å². The zero-order valence-electron chi connectivity index (χ0n) is 12.2. The minimum absolute atomic E-state index is 0.230. The quantitative estimate of drug-likeness (QED) is 0.402. The van der Waals surface area contributed by atoms with E-state index in [0.29, 0.717) is 16.3 Å². The molecule has 0 saturated heterocycles. The molecule has 0 bridgehead atoms. The highest BCUT2D eigenvalue weighted by molar-refractivity contribution is 7.88. The van der Waals surface area contributed by atoms with Crippen LogP contribution in [0.15, 0.2) is 47.3 Å². The van der Waals surface area contributed by atoms with Crippen molar-refractivity contribution in [1.29, 1.82) is 0 Å². The molecule has 0 aliphatic heterocycles. The van der Waals surface area contributed by atoms with Crippen LogP contribution < -0.4 is 9.74 Å². The van der Waals surface area contributed by atoms with Gasteiger partial charge in [0.2, 0.25) is 0 Å². The number of nitrogens with zero attached hydrogens (tertiary/aromatic N) is 1. The van der Waals surface area contributed by atoms with Crippen LogP contribution in [0.1, 0.15) is 0 Å². The van der Waals surface area contributed by atoms with Crippen LogP contribution >= 0.6 is 0 Å². The van der Waals surface area contributed by atoms with Crippen LogP contribution in [0.4, 0.5) is 13.2 Å². The van der Waals surface area contributed by atoms with Crippen LogP contribution in [0.25, 0.3) is 21.7 Å². The van der Waals surface area contributed by atoms with Crippen molar-refractivity contribution in [2.24, 2.45) is 7.05 Å². The molecular weight excluding hydrogens is 347 g/mol. The summed E-state index contributed by atoms with van der Waals surface area (Å²) in [5, 5.41) is 0.666. The van der Waals surface area contributed by atoms with Crippen molar-refractivity contribution in [2.45, 2.75) is 5.51 Å². The van der Waals surface area contributed by atoms with E-state index in [1.807, 2.05) is 0 Å². The van der Waals surface area contributed by atoms with Gasteiger partial charge in [-0.05, 0) is 12.1 Å². The number of alkyl halides is 3. The first-order chi connectivity index (χ1) is 11.1. The molecule has 0 amide bonds. The number of para-hydroxylation sites is 1. The number of hydrogen-bond acceptors (Lipinski definition) is 4. The molecule has 0 radical (unpaired) electrons. The number of fused-ring (bicyclic) bond motifs is 3. The Labute approximate surface area is 134 Å². The van der Waals surface area contributed by atoms with Crippen LogP contribution in [-0.2, 0) is 17.2 Å². The maximum Gasteiger partial charge on any atom is 0.534 e. The molecule has 0 unspecified atom stereocenters. The Balaban J connectivity index is 2.39. The first-order valence-corrected chi connectivity index (χ1v) is 8.05. The second-order valence-electron chi connectivity index (χ2n) is 5.04. The SMILES string of the molecule is Cn1c(=O)c2c(OS(=O)(=O)C(F)(F)F)cccc2c2ccccc21. The molecule has 0 aliphatic carbocycles. The fourth-order valence-corrected chi connectivity index (χ4v) is 2.95. The molecule has 0 saturated carbocycles. The van der Waals surface area contributed by atoms with Crippen LogP contribution in [0.5, 0.6) is 5.75 Å². The van der Waals surface area contributed by atoms with Gasteiger partial charge in [0, 0.05) is 17.8 Å². The third-order valence-corrected chi connectivity index (χ3v) is 4.55. The summed E-state index contributed by atoms with van der Waals surface area (Å²) in [5.74, 6) is -0.656. The lowest BCUT2D eigenvalue weighted by Gasteiger charge is -2.13. The van der Waals surface area contributed by atoms with E-state index in [1.165, 1.54) is 23.7 Å². The van der Waals surface area contributed by atoms with Crippen molar-refractivity contribution >= 4 is 31.8 Å². The van der Waals surface area contributed by atoms with Gasteiger partial charge in [0.1, 0.15) is 0 Å². The van der Waals surface area contributed by atoms with Crippen LogP contribution in [0.3, 0.4) is 0 Å². The van der Waals surface area contributed by atoms with Gasteiger partial charge in [-0.3, -0.25) is 4.79 Å². The molecule has 1 heterocycles. The number of halogens is 3. The Bertz CT molecular complexity index is 1120. The van der Waals surface area contributed by atoms with Crippen molar-refractivity contribution in [3.05, 3.63) is 52.8 Å². The summed E-state index contributed by atoms with van der Waals surface area (Å²) in [6, 6.07) is 10.6. The number of pyridine rings is 1. The van der Waals surface area contributed by atoms with E-state index < -0.39 is 26.9 Å². The molecule has 5 nitrogen and oxygen atoms in total. The predicted molar refractivity (Wildman–Crippen MR) is 82.3 cm³/mol. The van der Waals surface area contributed by atoms with Gasteiger partial charge in [0.15, 0.2) is 5.75 Å². The van der Waals surface area contributed by atoms with Gasteiger partial charge in [-0.15, -0.1) is 0 Å². The molecule has 2 aromatic carbocycles. The molecule has 3 aromatic rings. The highest BCUT2D eigenvalue weighted by atomic mass is 32.2. The molecule has 0 spiro atoms. The van der Waals surface area contributed by atoms with E-state index in [9.17, 15) is 26.4 Å². The van der Waals surface area contributed by atoms with Crippen molar-refractivity contribution in [3.63, 3.8) is 0 Å². The summed E-state index contributed by atoms with van der Waals surface area (Å²) in [6.45, 7) is 0. The van der Waals surface area contributed by atoms with E-state index in [2.05, 4.69) is 4.18 Å². The first kappa shape index (κ1) is 16.3. The zero-order chi connectivity index (χ0) is 17.7. The van der Waals surface area contributed by atoms with Crippen molar-refractivity contribution in [1.82, 2.24) is 4.57 Å². The van der Waals surface area contributed by atoms with Gasteiger partial charge in [-0.2, -0.15) is 21.6 Å². The molecule has 0 N–H and O–H groups in total. The molecule has 0 fully saturated rings. The second kappa shape index (κ2) is 5.23. The predicted octanol–water partition coefficient (Wildman–Crippen LogP) is 2.92. The van der Waals surface area contributed by atoms with Gasteiger partial charge in [0.05, 0.1) is 10.9 Å². The second-order valence-corrected chi connectivity index (χ2v) is 6.58. The summed E-state index contributed by atoms with van der Waals surface area (Å²) in [7, 11) is -4.43. The van der Waals surface area contributed by atoms with Gasteiger partial charge in [-0.1, -0.05) is 30.3 Å². The lowest BCUT2D eigenvalue weighted by Crippen LogP contribution is -2.28. The minimum atomic E-state index is -5.87. The molecule has 0 aliphatic rings. The third-order valence-electron chi connectivity index (χ3n) is 3.58. The number of rotatable bonds is 2. The topological polar surface area (TPSA) is 65.4 Å². The number of hydrogen-bond donors (Lipinski definition) is 0. The standard InChI is InChI=1S/C15H10F3NO4S/c1-19-11-7-3-2-5-9(11)10-6-4-8-12(13(10)14(19)20)23-24(21,22)15(16,17)18/h2-8H,1H3. The maximum absolute atomic E-state index is 12.6. The Morgan fingerprint density at radius 3 is 2.29 bits per heavy atom. The van der Waals surface area contributed by atoms with Crippen molar-refractivity contribution in [2.75, 3.05) is 0 Å². The molecule has 9 heteroatoms. The number of aryl methyl sites for hydroxylation is 1. The first-order valence-electron chi connectivity index (χ1n) is 6.65. The molecule has 3 rings (SSSR count). The lowest BCUT2D eigenvalue weighted by molar-refractivity contribution is -0.0499. The number of aromatic nitrogens is 1. The van der Waals surface area contributed by atoms with Crippen LogP contribution in [0, 0.1) is 0 Å². The Hall–Kier alpha value is -2.55. The van der Waals surface area contributed by atoms with Gasteiger partial charge in [-0.25, -0.2) is 0 Å². The van der Waals surface area contributed by atoms with Crippen molar-refractivity contribution in [3.8, 4) is 5.75 Å². The van der Waals surface area contributed by atoms with Crippen LogP contribution in [0.2, 0.25) is 0 Å². The van der Waals surface area contributed by atoms with Crippen molar-refractivity contribution < 1.29 is 25.8 Å². The highest BCUT2D eigenvalue weighted by Crippen LogP contribution is 2.32. The maximum atomic E-state index is 12.6. The Morgan fingerprint density at radius 1 is 1.00 bits per heavy atom. The monoisotopic (exact) mass is 357 g/mol. The van der Waals surface area contributed by atoms with Crippen LogP contribution in [-0.4, -0.2) is 18.5 Å². The summed E-state index contributed by atoms with van der Waals surface area (Å²) >= 11 is 0. The fourth-order valence-electron chi connectivity index (χ4n) is 2.48. The summed E-state index contributed by atoms with van der Waals surface area (Å²) in [4.78, 5) is 12.5. The zero-order valence-corrected chi connectivity index (χ0v) is 13.0. The molecule has 1 aromatic heterocycles. The normalized spacial score (nSPS) is 12.7. The minimum Gasteiger partial charge on any atom is -0.375 e. The Kier molecular flexibility index (Phi) is 3.56. The van der Waals surface area contributed by atoms with E-state index in [1.54, 1.807) is 24.3 Å². The largest absolute Gasteiger partial charge is 0.534 e. The molecular formula is C15H10F3NO4S.